The van der Waals surface area contributed by atoms with E-state index >= 15 is 0 Å². The lowest BCUT2D eigenvalue weighted by atomic mass is 9.81. The van der Waals surface area contributed by atoms with Crippen LogP contribution in [0.4, 0.5) is 0 Å². The minimum atomic E-state index is -0.243. The molecular weight excluding hydrogens is 597 g/mol. The molecule has 0 aliphatic heterocycles. The molecule has 5 aromatic carbocycles. The number of hydrogen-bond acceptors (Lipinski definition) is 4. The number of rotatable bonds is 5. The van der Waals surface area contributed by atoms with Crippen molar-refractivity contribution in [3.05, 3.63) is 162 Å². The number of aryl methyl sites for hydroxylation is 2. The standard InChI is InChI=1S/C45H34N4/c1-28-15-18-37(29(2)47-28)35-22-34(33-17-20-39-38-19-16-30(27-46)21-40(38)45(3,4)41(39)25-33)23-36(24-35)43-26-42(31-11-7-5-8-12-31)48-44(49-43)32-13-9-6-10-14-32/h5-26H,1-4H3. The second-order valence-corrected chi connectivity index (χ2v) is 13.3. The molecule has 0 amide bonds. The lowest BCUT2D eigenvalue weighted by molar-refractivity contribution is 0.660. The van der Waals surface area contributed by atoms with E-state index in [0.717, 1.165) is 61.7 Å². The van der Waals surface area contributed by atoms with Gasteiger partial charge in [-0.2, -0.15) is 5.26 Å². The number of fused-ring (bicyclic) bond motifs is 3. The first-order chi connectivity index (χ1) is 23.8. The molecule has 234 valence electrons. The molecule has 2 heterocycles. The number of hydrogen-bond donors (Lipinski definition) is 0. The highest BCUT2D eigenvalue weighted by atomic mass is 14.9. The van der Waals surface area contributed by atoms with Crippen molar-refractivity contribution in [3.8, 4) is 73.4 Å². The van der Waals surface area contributed by atoms with E-state index in [1.807, 2.05) is 55.5 Å². The molecule has 1 aliphatic carbocycles. The van der Waals surface area contributed by atoms with Crippen LogP contribution < -0.4 is 0 Å². The molecular formula is C45H34N4. The number of nitriles is 1. The van der Waals surface area contributed by atoms with Crippen molar-refractivity contribution in [2.45, 2.75) is 33.1 Å². The van der Waals surface area contributed by atoms with Crippen molar-refractivity contribution >= 4 is 0 Å². The summed E-state index contributed by atoms with van der Waals surface area (Å²) in [6.45, 7) is 8.61. The molecule has 7 aromatic rings. The number of aromatic nitrogens is 3. The fraction of sp³-hybridized carbons (Fsp3) is 0.111. The largest absolute Gasteiger partial charge is 0.258 e. The Morgan fingerprint density at radius 3 is 1.78 bits per heavy atom. The highest BCUT2D eigenvalue weighted by molar-refractivity contribution is 5.87. The normalized spacial score (nSPS) is 12.6. The molecule has 0 saturated carbocycles. The van der Waals surface area contributed by atoms with Crippen LogP contribution >= 0.6 is 0 Å². The maximum Gasteiger partial charge on any atom is 0.160 e. The van der Waals surface area contributed by atoms with E-state index in [9.17, 15) is 5.26 Å². The predicted octanol–water partition coefficient (Wildman–Crippen LogP) is 11.0. The third kappa shape index (κ3) is 5.40. The van der Waals surface area contributed by atoms with E-state index in [1.165, 1.54) is 22.3 Å². The van der Waals surface area contributed by atoms with E-state index in [1.54, 1.807) is 0 Å². The van der Waals surface area contributed by atoms with Crippen LogP contribution in [0.5, 0.6) is 0 Å². The molecule has 0 atom stereocenters. The van der Waals surface area contributed by atoms with Crippen LogP contribution in [0, 0.1) is 25.2 Å². The molecule has 4 nitrogen and oxygen atoms in total. The highest BCUT2D eigenvalue weighted by Crippen LogP contribution is 2.50. The van der Waals surface area contributed by atoms with Crippen molar-refractivity contribution in [2.75, 3.05) is 0 Å². The monoisotopic (exact) mass is 630 g/mol. The fourth-order valence-electron chi connectivity index (χ4n) is 7.14. The van der Waals surface area contributed by atoms with E-state index < -0.39 is 0 Å². The van der Waals surface area contributed by atoms with Gasteiger partial charge in [0, 0.05) is 39.1 Å². The summed E-state index contributed by atoms with van der Waals surface area (Å²) in [5, 5.41) is 9.62. The molecule has 0 N–H and O–H groups in total. The van der Waals surface area contributed by atoms with E-state index in [-0.39, 0.29) is 5.41 Å². The van der Waals surface area contributed by atoms with E-state index in [4.69, 9.17) is 15.0 Å². The minimum absolute atomic E-state index is 0.243. The SMILES string of the molecule is Cc1ccc(-c2cc(-c3ccc4c(c3)C(C)(C)c3cc(C#N)ccc3-4)cc(-c3cc(-c4ccccc4)nc(-c4ccccc4)n3)c2)c(C)n1. The summed E-state index contributed by atoms with van der Waals surface area (Å²) in [4.78, 5) is 15.0. The molecule has 0 unspecified atom stereocenters. The molecule has 0 fully saturated rings. The molecule has 0 radical (unpaired) electrons. The first kappa shape index (κ1) is 30.2. The van der Waals surface area contributed by atoms with Gasteiger partial charge in [-0.1, -0.05) is 98.8 Å². The van der Waals surface area contributed by atoms with Gasteiger partial charge in [-0.3, -0.25) is 4.98 Å². The fourth-order valence-corrected chi connectivity index (χ4v) is 7.14. The summed E-state index contributed by atoms with van der Waals surface area (Å²) in [5.74, 6) is 0.686. The third-order valence-corrected chi connectivity index (χ3v) is 9.73. The zero-order chi connectivity index (χ0) is 33.7. The first-order valence-electron chi connectivity index (χ1n) is 16.6. The summed E-state index contributed by atoms with van der Waals surface area (Å²) in [5.41, 5.74) is 16.4. The van der Waals surface area contributed by atoms with Crippen LogP contribution in [0.25, 0.3) is 67.3 Å². The highest BCUT2D eigenvalue weighted by Gasteiger charge is 2.36. The molecule has 8 rings (SSSR count). The van der Waals surface area contributed by atoms with Crippen LogP contribution in [-0.2, 0) is 5.41 Å². The number of nitrogens with zero attached hydrogens (tertiary/aromatic N) is 4. The van der Waals surface area contributed by atoms with Gasteiger partial charge in [0.25, 0.3) is 0 Å². The topological polar surface area (TPSA) is 62.5 Å². The zero-order valence-electron chi connectivity index (χ0n) is 28.0. The molecule has 0 saturated heterocycles. The second kappa shape index (κ2) is 11.8. The van der Waals surface area contributed by atoms with Crippen molar-refractivity contribution in [1.82, 2.24) is 15.0 Å². The van der Waals surface area contributed by atoms with Crippen LogP contribution in [-0.4, -0.2) is 15.0 Å². The van der Waals surface area contributed by atoms with Gasteiger partial charge in [0.15, 0.2) is 5.82 Å². The van der Waals surface area contributed by atoms with Crippen LogP contribution in [0.3, 0.4) is 0 Å². The lowest BCUT2D eigenvalue weighted by Crippen LogP contribution is -2.15. The van der Waals surface area contributed by atoms with Crippen LogP contribution in [0.1, 0.15) is 41.9 Å². The molecule has 49 heavy (non-hydrogen) atoms. The zero-order valence-corrected chi connectivity index (χ0v) is 28.0. The van der Waals surface area contributed by atoms with Gasteiger partial charge in [-0.15, -0.1) is 0 Å². The summed E-state index contributed by atoms with van der Waals surface area (Å²) >= 11 is 0. The minimum Gasteiger partial charge on any atom is -0.258 e. The van der Waals surface area contributed by atoms with Crippen molar-refractivity contribution in [1.29, 1.82) is 5.26 Å². The van der Waals surface area contributed by atoms with Crippen LogP contribution in [0.2, 0.25) is 0 Å². The Bertz CT molecular complexity index is 2380. The summed E-state index contributed by atoms with van der Waals surface area (Å²) in [6.07, 6.45) is 0. The van der Waals surface area contributed by atoms with Gasteiger partial charge in [0.2, 0.25) is 0 Å². The number of pyridine rings is 1. The van der Waals surface area contributed by atoms with Crippen LogP contribution in [0.15, 0.2) is 133 Å². The second-order valence-electron chi connectivity index (χ2n) is 13.3. The quantitative estimate of drug-likeness (QED) is 0.190. The van der Waals surface area contributed by atoms with E-state index in [0.29, 0.717) is 11.4 Å². The maximum absolute atomic E-state index is 9.62. The first-order valence-corrected chi connectivity index (χ1v) is 16.6. The Kier molecular flexibility index (Phi) is 7.27. The van der Waals surface area contributed by atoms with Crippen molar-refractivity contribution in [3.63, 3.8) is 0 Å². The Hall–Kier alpha value is -6.18. The molecule has 0 spiro atoms. The maximum atomic E-state index is 9.62. The van der Waals surface area contributed by atoms with Crippen molar-refractivity contribution < 1.29 is 0 Å². The molecule has 2 aromatic heterocycles. The number of benzene rings is 5. The Morgan fingerprint density at radius 1 is 0.490 bits per heavy atom. The lowest BCUT2D eigenvalue weighted by Gasteiger charge is -2.22. The average molecular weight is 631 g/mol. The predicted molar refractivity (Wildman–Crippen MR) is 199 cm³/mol. The third-order valence-electron chi connectivity index (χ3n) is 9.73. The van der Waals surface area contributed by atoms with Crippen molar-refractivity contribution in [2.24, 2.45) is 0 Å². The van der Waals surface area contributed by atoms with Gasteiger partial charge < -0.3 is 0 Å². The Morgan fingerprint density at radius 2 is 1.08 bits per heavy atom. The summed E-state index contributed by atoms with van der Waals surface area (Å²) in [6, 6.07) is 48.7. The van der Waals surface area contributed by atoms with Gasteiger partial charge in [0.1, 0.15) is 0 Å². The Balaban J connectivity index is 1.34. The van der Waals surface area contributed by atoms with Gasteiger partial charge in [-0.05, 0) is 101 Å². The molecule has 4 heteroatoms. The van der Waals surface area contributed by atoms with Gasteiger partial charge >= 0.3 is 0 Å². The van der Waals surface area contributed by atoms with Gasteiger partial charge in [-0.25, -0.2) is 9.97 Å². The van der Waals surface area contributed by atoms with Gasteiger partial charge in [0.05, 0.1) is 23.0 Å². The summed E-state index contributed by atoms with van der Waals surface area (Å²) in [7, 11) is 0. The molecule has 1 aliphatic rings. The van der Waals surface area contributed by atoms with E-state index in [2.05, 4.69) is 112 Å². The Labute approximate surface area is 287 Å². The molecule has 0 bridgehead atoms. The average Bonchev–Trinajstić information content (AvgIpc) is 3.36. The smallest absolute Gasteiger partial charge is 0.160 e. The summed E-state index contributed by atoms with van der Waals surface area (Å²) < 4.78 is 0.